The highest BCUT2D eigenvalue weighted by molar-refractivity contribution is 7.98. The van der Waals surface area contributed by atoms with Gasteiger partial charge in [0.1, 0.15) is 0 Å². The Balaban J connectivity index is 2.89. The van der Waals surface area contributed by atoms with Crippen LogP contribution in [0.2, 0.25) is 0 Å². The van der Waals surface area contributed by atoms with Gasteiger partial charge in [0.2, 0.25) is 0 Å². The fraction of sp³-hybridized carbons (Fsp3) is 1.00. The van der Waals surface area contributed by atoms with Crippen LogP contribution in [0.5, 0.6) is 0 Å². The van der Waals surface area contributed by atoms with E-state index in [-0.39, 0.29) is 0 Å². The lowest BCUT2D eigenvalue weighted by Gasteiger charge is -2.04. The monoisotopic (exact) mass is 302 g/mol. The van der Waals surface area contributed by atoms with Gasteiger partial charge in [0.25, 0.3) is 0 Å². The zero-order valence-corrected chi connectivity index (χ0v) is 14.9. The largest absolute Gasteiger partial charge is 0.381 e. The molecule has 0 spiro atoms. The van der Waals surface area contributed by atoms with E-state index in [1.807, 2.05) is 11.8 Å². The van der Waals surface area contributed by atoms with Crippen LogP contribution in [0.25, 0.3) is 0 Å². The fourth-order valence-corrected chi connectivity index (χ4v) is 2.96. The summed E-state index contributed by atoms with van der Waals surface area (Å²) in [6, 6.07) is 0. The van der Waals surface area contributed by atoms with E-state index >= 15 is 0 Å². The first-order valence-corrected chi connectivity index (χ1v) is 10.4. The first kappa shape index (κ1) is 20.3. The van der Waals surface area contributed by atoms with E-state index in [0.717, 1.165) is 19.6 Å². The van der Waals surface area contributed by atoms with Crippen molar-refractivity contribution in [3.63, 3.8) is 0 Å². The fourth-order valence-electron chi connectivity index (χ4n) is 2.46. The third kappa shape index (κ3) is 18.3. The maximum Gasteiger partial charge on any atom is 0.0466 e. The number of rotatable bonds is 17. The summed E-state index contributed by atoms with van der Waals surface area (Å²) < 4.78 is 5.49. The number of hydrogen-bond donors (Lipinski definition) is 0. The molecule has 0 rings (SSSR count). The molecule has 0 aromatic carbocycles. The van der Waals surface area contributed by atoms with Gasteiger partial charge >= 0.3 is 0 Å². The van der Waals surface area contributed by atoms with Gasteiger partial charge in [-0.15, -0.1) is 0 Å². The van der Waals surface area contributed by atoms with E-state index in [0.29, 0.717) is 0 Å². The van der Waals surface area contributed by atoms with Crippen LogP contribution in [0.4, 0.5) is 0 Å². The zero-order chi connectivity index (χ0) is 14.7. The lowest BCUT2D eigenvalue weighted by Crippen LogP contribution is -1.95. The van der Waals surface area contributed by atoms with E-state index < -0.39 is 0 Å². The first-order chi connectivity index (χ1) is 9.91. The van der Waals surface area contributed by atoms with E-state index in [4.69, 9.17) is 4.74 Å². The van der Waals surface area contributed by atoms with Crippen LogP contribution in [0.3, 0.4) is 0 Å². The Kier molecular flexibility index (Phi) is 19.6. The Hall–Kier alpha value is 0.310. The summed E-state index contributed by atoms with van der Waals surface area (Å²) in [6.07, 6.45) is 20.4. The van der Waals surface area contributed by atoms with Gasteiger partial charge in [0.05, 0.1) is 0 Å². The van der Waals surface area contributed by atoms with Gasteiger partial charge < -0.3 is 4.74 Å². The highest BCUT2D eigenvalue weighted by Gasteiger charge is 1.94. The number of thioether (sulfide) groups is 1. The Bertz CT molecular complexity index is 143. The van der Waals surface area contributed by atoms with Crippen molar-refractivity contribution in [2.75, 3.05) is 25.2 Å². The van der Waals surface area contributed by atoms with Gasteiger partial charge in [-0.1, -0.05) is 71.1 Å². The van der Waals surface area contributed by atoms with Gasteiger partial charge in [-0.25, -0.2) is 0 Å². The average Bonchev–Trinajstić information content (AvgIpc) is 2.47. The van der Waals surface area contributed by atoms with Crippen LogP contribution in [-0.2, 0) is 4.74 Å². The van der Waals surface area contributed by atoms with Gasteiger partial charge in [-0.05, 0) is 31.3 Å². The second kappa shape index (κ2) is 19.3. The number of unbranched alkanes of at least 4 members (excludes halogenated alkanes) is 11. The molecule has 0 unspecified atom stereocenters. The minimum Gasteiger partial charge on any atom is -0.381 e. The molecule has 0 bridgehead atoms. The van der Waals surface area contributed by atoms with Gasteiger partial charge in [0, 0.05) is 13.2 Å². The molecule has 0 aromatic rings. The van der Waals surface area contributed by atoms with E-state index in [1.54, 1.807) is 0 Å². The van der Waals surface area contributed by atoms with Gasteiger partial charge in [-0.2, -0.15) is 11.8 Å². The average molecular weight is 303 g/mol. The predicted molar refractivity (Wildman–Crippen MR) is 94.9 cm³/mol. The van der Waals surface area contributed by atoms with Crippen LogP contribution in [0.1, 0.15) is 90.4 Å². The molecule has 2 heteroatoms. The van der Waals surface area contributed by atoms with E-state index in [1.165, 1.54) is 82.8 Å². The molecule has 0 aliphatic heterocycles. The lowest BCUT2D eigenvalue weighted by molar-refractivity contribution is 0.130. The van der Waals surface area contributed by atoms with Crippen LogP contribution in [0.15, 0.2) is 0 Å². The minimum atomic E-state index is 0.942. The van der Waals surface area contributed by atoms with Crippen molar-refractivity contribution in [1.29, 1.82) is 0 Å². The molecule has 0 saturated carbocycles. The predicted octanol–water partition coefficient (Wildman–Crippen LogP) is 6.46. The van der Waals surface area contributed by atoms with Crippen molar-refractivity contribution in [1.82, 2.24) is 0 Å². The molecule has 1 nitrogen and oxygen atoms in total. The summed E-state index contributed by atoms with van der Waals surface area (Å²) in [4.78, 5) is 0. The topological polar surface area (TPSA) is 9.23 Å². The molecule has 0 fully saturated rings. The van der Waals surface area contributed by atoms with Crippen LogP contribution in [0, 0.1) is 0 Å². The smallest absolute Gasteiger partial charge is 0.0466 e. The van der Waals surface area contributed by atoms with Crippen LogP contribution in [-0.4, -0.2) is 25.2 Å². The second-order valence-corrected chi connectivity index (χ2v) is 6.83. The first-order valence-electron chi connectivity index (χ1n) is 8.98. The van der Waals surface area contributed by atoms with Crippen molar-refractivity contribution in [3.8, 4) is 0 Å². The van der Waals surface area contributed by atoms with Crippen molar-refractivity contribution >= 4 is 11.8 Å². The van der Waals surface area contributed by atoms with Crippen molar-refractivity contribution in [2.45, 2.75) is 90.4 Å². The maximum absolute atomic E-state index is 5.49. The van der Waals surface area contributed by atoms with Crippen LogP contribution >= 0.6 is 11.8 Å². The van der Waals surface area contributed by atoms with Crippen molar-refractivity contribution in [2.24, 2.45) is 0 Å². The molecule has 0 N–H and O–H groups in total. The minimum absolute atomic E-state index is 0.942. The second-order valence-electron chi connectivity index (χ2n) is 5.85. The van der Waals surface area contributed by atoms with Crippen molar-refractivity contribution < 1.29 is 4.74 Å². The molecule has 0 saturated heterocycles. The summed E-state index contributed by atoms with van der Waals surface area (Å²) >= 11 is 1.98. The SMILES string of the molecule is CCCOCCCCCCCCCCCCCCSC. The maximum atomic E-state index is 5.49. The molecule has 0 aliphatic rings. The molecule has 0 heterocycles. The Morgan fingerprint density at radius 1 is 0.600 bits per heavy atom. The molecular weight excluding hydrogens is 264 g/mol. The van der Waals surface area contributed by atoms with Gasteiger partial charge in [0.15, 0.2) is 0 Å². The molecule has 0 amide bonds. The van der Waals surface area contributed by atoms with Crippen molar-refractivity contribution in [3.05, 3.63) is 0 Å². The Morgan fingerprint density at radius 2 is 1.05 bits per heavy atom. The number of ether oxygens (including phenoxy) is 1. The number of hydrogen-bond acceptors (Lipinski definition) is 2. The third-order valence-electron chi connectivity index (χ3n) is 3.74. The molecule has 0 aliphatic carbocycles. The molecule has 0 atom stereocenters. The van der Waals surface area contributed by atoms with E-state index in [2.05, 4.69) is 13.2 Å². The zero-order valence-electron chi connectivity index (χ0n) is 14.1. The normalized spacial score (nSPS) is 11.1. The Morgan fingerprint density at radius 3 is 1.50 bits per heavy atom. The molecule has 0 radical (unpaired) electrons. The highest BCUT2D eigenvalue weighted by Crippen LogP contribution is 2.12. The highest BCUT2D eigenvalue weighted by atomic mass is 32.2. The summed E-state index contributed by atoms with van der Waals surface area (Å²) in [5.74, 6) is 1.35. The standard InChI is InChI=1S/C18H38OS/c1-3-16-19-17-14-12-10-8-6-4-5-7-9-11-13-15-18-20-2/h3-18H2,1-2H3. The van der Waals surface area contributed by atoms with Crippen LogP contribution < -0.4 is 0 Å². The summed E-state index contributed by atoms with van der Waals surface area (Å²) in [5.41, 5.74) is 0. The molecule has 20 heavy (non-hydrogen) atoms. The quantitative estimate of drug-likeness (QED) is 0.285. The third-order valence-corrected chi connectivity index (χ3v) is 4.43. The summed E-state index contributed by atoms with van der Waals surface area (Å²) in [6.45, 7) is 4.09. The van der Waals surface area contributed by atoms with E-state index in [9.17, 15) is 0 Å². The molecule has 0 aromatic heterocycles. The molecular formula is C18H38OS. The Labute approximate surface area is 132 Å². The summed E-state index contributed by atoms with van der Waals surface area (Å²) in [5, 5.41) is 0. The summed E-state index contributed by atoms with van der Waals surface area (Å²) in [7, 11) is 0. The molecule has 122 valence electrons. The van der Waals surface area contributed by atoms with Gasteiger partial charge in [-0.3, -0.25) is 0 Å². The lowest BCUT2D eigenvalue weighted by atomic mass is 10.1.